The van der Waals surface area contributed by atoms with Crippen LogP contribution >= 0.6 is 0 Å². The Bertz CT molecular complexity index is 1350. The van der Waals surface area contributed by atoms with Crippen LogP contribution in [0, 0.1) is 16.7 Å². The molecule has 43 heavy (non-hydrogen) atoms. The van der Waals surface area contributed by atoms with Gasteiger partial charge in [-0.3, -0.25) is 0 Å². The summed E-state index contributed by atoms with van der Waals surface area (Å²) in [7, 11) is 0. The molecule has 0 aliphatic heterocycles. The number of rotatable bonds is 6. The van der Waals surface area contributed by atoms with Gasteiger partial charge in [0.15, 0.2) is 0 Å². The van der Waals surface area contributed by atoms with Crippen molar-refractivity contribution in [3.05, 3.63) is 65.3 Å². The maximum Gasteiger partial charge on any atom is 0.333 e. The molecule has 4 N–H and O–H groups in total. The summed E-state index contributed by atoms with van der Waals surface area (Å²) in [5.41, 5.74) is -5.28. The molecular weight excluding hydrogens is 548 g/mol. The zero-order valence-electron chi connectivity index (χ0n) is 25.9. The molecule has 0 unspecified atom stereocenters. The van der Waals surface area contributed by atoms with E-state index in [1.165, 1.54) is 6.08 Å². The lowest BCUT2D eigenvalue weighted by atomic mass is 9.42. The van der Waals surface area contributed by atoms with Gasteiger partial charge in [0.1, 0.15) is 29.0 Å². The first-order valence-corrected chi connectivity index (χ1v) is 15.5. The van der Waals surface area contributed by atoms with E-state index in [9.17, 15) is 30.0 Å². The van der Waals surface area contributed by atoms with Crippen molar-refractivity contribution in [2.24, 2.45) is 16.7 Å². The molecule has 0 heterocycles. The maximum absolute atomic E-state index is 13.4. The normalized spacial score (nSPS) is 41.5. The Morgan fingerprint density at radius 2 is 1.77 bits per heavy atom. The molecule has 0 bridgehead atoms. The first kappa shape index (κ1) is 31.6. The molecule has 8 heteroatoms. The summed E-state index contributed by atoms with van der Waals surface area (Å²) < 4.78 is 11.9. The van der Waals surface area contributed by atoms with Crippen molar-refractivity contribution in [1.82, 2.24) is 0 Å². The van der Waals surface area contributed by atoms with E-state index in [1.54, 1.807) is 39.8 Å². The third-order valence-electron chi connectivity index (χ3n) is 11.8. The van der Waals surface area contributed by atoms with Crippen LogP contribution in [0.5, 0.6) is 0 Å². The number of aliphatic hydroxyl groups is 4. The molecule has 3 saturated carbocycles. The van der Waals surface area contributed by atoms with Crippen LogP contribution < -0.4 is 0 Å². The second kappa shape index (κ2) is 11.0. The van der Waals surface area contributed by atoms with Crippen LogP contribution in [0.25, 0.3) is 6.08 Å². The number of carbonyl (C=O) groups excluding carboxylic acids is 2. The summed E-state index contributed by atoms with van der Waals surface area (Å²) in [6.45, 7) is 8.65. The first-order chi connectivity index (χ1) is 20.2. The number of benzene rings is 1. The van der Waals surface area contributed by atoms with Crippen molar-refractivity contribution in [3.63, 3.8) is 0 Å². The summed E-state index contributed by atoms with van der Waals surface area (Å²) in [4.78, 5) is 26.2. The van der Waals surface area contributed by atoms with Crippen LogP contribution in [0.4, 0.5) is 0 Å². The molecule has 0 saturated heterocycles. The molecule has 4 aliphatic carbocycles. The summed E-state index contributed by atoms with van der Waals surface area (Å²) in [6.07, 6.45) is 6.00. The molecule has 0 aromatic heterocycles. The highest BCUT2D eigenvalue weighted by Crippen LogP contribution is 2.71. The van der Waals surface area contributed by atoms with Gasteiger partial charge in [-0.2, -0.15) is 0 Å². The van der Waals surface area contributed by atoms with E-state index in [0.29, 0.717) is 24.8 Å². The van der Waals surface area contributed by atoms with E-state index in [1.807, 2.05) is 36.4 Å². The average Bonchev–Trinajstić information content (AvgIpc) is 3.22. The quantitative estimate of drug-likeness (QED) is 0.216. The van der Waals surface area contributed by atoms with Gasteiger partial charge in [-0.05, 0) is 82.8 Å². The van der Waals surface area contributed by atoms with Gasteiger partial charge < -0.3 is 29.9 Å². The van der Waals surface area contributed by atoms with E-state index < -0.39 is 63.8 Å². The smallest absolute Gasteiger partial charge is 0.333 e. The maximum atomic E-state index is 13.4. The highest BCUT2D eigenvalue weighted by molar-refractivity contribution is 5.88. The Balaban J connectivity index is 1.58. The minimum atomic E-state index is -1.89. The lowest BCUT2D eigenvalue weighted by Gasteiger charge is -2.67. The van der Waals surface area contributed by atoms with Gasteiger partial charge in [-0.15, -0.1) is 0 Å². The Morgan fingerprint density at radius 3 is 2.44 bits per heavy atom. The van der Waals surface area contributed by atoms with Gasteiger partial charge in [-0.25, -0.2) is 9.59 Å². The van der Waals surface area contributed by atoms with E-state index in [-0.39, 0.29) is 25.7 Å². The minimum Gasteiger partial charge on any atom is -0.458 e. The molecule has 1 aromatic rings. The third kappa shape index (κ3) is 4.64. The average molecular weight is 595 g/mol. The Hall–Kier alpha value is -2.78. The SMILES string of the molecule is CC=C(C)C(=O)O[C@@H](C)[C@@]1(O)CC[C@]2(O)[C@]1(C)[C@@H](OC(=O)C=Cc1ccccc1)C[C@@H]1[C@@]3(C)CC[C@H](O)CC3=CC[C@]12O. The van der Waals surface area contributed by atoms with E-state index >= 15 is 0 Å². The van der Waals surface area contributed by atoms with E-state index in [4.69, 9.17) is 9.47 Å². The van der Waals surface area contributed by atoms with Crippen LogP contribution in [-0.2, 0) is 19.1 Å². The number of hydrogen-bond donors (Lipinski definition) is 4. The molecule has 0 radical (unpaired) electrons. The lowest BCUT2D eigenvalue weighted by molar-refractivity contribution is -0.326. The van der Waals surface area contributed by atoms with Crippen molar-refractivity contribution in [2.75, 3.05) is 0 Å². The van der Waals surface area contributed by atoms with Crippen molar-refractivity contribution < 1.29 is 39.5 Å². The monoisotopic (exact) mass is 594 g/mol. The molecule has 8 nitrogen and oxygen atoms in total. The molecular formula is C35H46O8. The van der Waals surface area contributed by atoms with Crippen molar-refractivity contribution in [2.45, 2.75) is 115 Å². The van der Waals surface area contributed by atoms with E-state index in [2.05, 4.69) is 6.92 Å². The minimum absolute atomic E-state index is 0.0211. The highest BCUT2D eigenvalue weighted by Gasteiger charge is 2.81. The Morgan fingerprint density at radius 1 is 1.07 bits per heavy atom. The summed E-state index contributed by atoms with van der Waals surface area (Å²) >= 11 is 0. The third-order valence-corrected chi connectivity index (χ3v) is 11.8. The number of fused-ring (bicyclic) bond motifs is 5. The van der Waals surface area contributed by atoms with Gasteiger partial charge in [0.2, 0.25) is 0 Å². The molecule has 9 atom stereocenters. The number of allylic oxidation sites excluding steroid dienone is 1. The standard InChI is InChI=1S/C35H46O8/c1-6-22(2)30(38)42-23(3)33(39)18-19-35(41)32(33,5)28(43-29(37)13-12-24-10-8-7-9-11-24)21-27-31(4)16-15-26(36)20-25(31)14-17-34(27,35)40/h6-14,23,26-28,36,39-41H,15-21H2,1-5H3/t23-,26-,27+,28-,31-,32+,33-,34-,35-/m0/s1. The predicted octanol–water partition coefficient (Wildman–Crippen LogP) is 4.40. The van der Waals surface area contributed by atoms with Crippen LogP contribution in [0.2, 0.25) is 0 Å². The zero-order chi connectivity index (χ0) is 31.4. The molecule has 3 fully saturated rings. The Labute approximate surface area is 254 Å². The number of carbonyl (C=O) groups is 2. The fourth-order valence-electron chi connectivity index (χ4n) is 8.87. The summed E-state index contributed by atoms with van der Waals surface area (Å²) in [6, 6.07) is 9.32. The van der Waals surface area contributed by atoms with Gasteiger partial charge in [-0.1, -0.05) is 61.9 Å². The number of ether oxygens (including phenoxy) is 2. The summed E-state index contributed by atoms with van der Waals surface area (Å²) in [5, 5.41) is 48.4. The second-order valence-corrected chi connectivity index (χ2v) is 13.6. The van der Waals surface area contributed by atoms with E-state index in [0.717, 1.165) is 11.1 Å². The second-order valence-electron chi connectivity index (χ2n) is 13.6. The molecule has 4 aliphatic rings. The lowest BCUT2D eigenvalue weighted by Crippen LogP contribution is -2.78. The van der Waals surface area contributed by atoms with Crippen molar-refractivity contribution in [1.29, 1.82) is 0 Å². The number of aliphatic hydroxyl groups excluding tert-OH is 1. The van der Waals surface area contributed by atoms with Crippen LogP contribution in [0.1, 0.15) is 85.1 Å². The zero-order valence-corrected chi connectivity index (χ0v) is 25.9. The van der Waals surface area contributed by atoms with Crippen molar-refractivity contribution >= 4 is 18.0 Å². The largest absolute Gasteiger partial charge is 0.458 e. The highest BCUT2D eigenvalue weighted by atomic mass is 16.6. The van der Waals surface area contributed by atoms with Gasteiger partial charge >= 0.3 is 11.9 Å². The van der Waals surface area contributed by atoms with Crippen LogP contribution in [0.15, 0.2) is 59.7 Å². The van der Waals surface area contributed by atoms with Crippen molar-refractivity contribution in [3.8, 4) is 0 Å². The van der Waals surface area contributed by atoms with Crippen LogP contribution in [0.3, 0.4) is 0 Å². The molecule has 1 aromatic carbocycles. The molecule has 0 amide bonds. The number of esters is 2. The fraction of sp³-hybridized carbons (Fsp3) is 0.600. The Kier molecular flexibility index (Phi) is 8.08. The van der Waals surface area contributed by atoms with Gasteiger partial charge in [0, 0.05) is 17.6 Å². The van der Waals surface area contributed by atoms with Crippen LogP contribution in [-0.4, -0.2) is 67.5 Å². The topological polar surface area (TPSA) is 134 Å². The molecule has 234 valence electrons. The van der Waals surface area contributed by atoms with Gasteiger partial charge in [0.05, 0.1) is 11.5 Å². The van der Waals surface area contributed by atoms with Gasteiger partial charge in [0.25, 0.3) is 0 Å². The number of hydrogen-bond acceptors (Lipinski definition) is 8. The fourth-order valence-corrected chi connectivity index (χ4v) is 8.87. The summed E-state index contributed by atoms with van der Waals surface area (Å²) in [5.74, 6) is -1.73. The predicted molar refractivity (Wildman–Crippen MR) is 161 cm³/mol. The molecule has 5 rings (SSSR count). The first-order valence-electron chi connectivity index (χ1n) is 15.5. The molecule has 0 spiro atoms.